The highest BCUT2D eigenvalue weighted by molar-refractivity contribution is 7.91. The van der Waals surface area contributed by atoms with E-state index in [1.807, 2.05) is 23.2 Å². The molecule has 0 spiro atoms. The monoisotopic (exact) mass is 562 g/mol. The maximum Gasteiger partial charge on any atom is 0.292 e. The number of nitrogens with zero attached hydrogens (tertiary/aromatic N) is 7. The number of anilines is 1. The Hall–Kier alpha value is -3.91. The fourth-order valence-electron chi connectivity index (χ4n) is 6.75. The maximum absolute atomic E-state index is 13.1. The lowest BCUT2D eigenvalue weighted by molar-refractivity contribution is 0.0556. The molecule has 3 saturated heterocycles. The molecule has 2 bridgehead atoms. The summed E-state index contributed by atoms with van der Waals surface area (Å²) in [5.41, 5.74) is 9.99. The SMILES string of the molecule is CS(=O)(=O)c1c([C@H]2C[C@H]3CC[C@@H](C2)N3C(=O)c2nnc[nH]2)nc2c(-c3ccc(C4CCCN4)nc3)cnn2c1N. The number of hydrogen-bond donors (Lipinski definition) is 3. The number of rotatable bonds is 5. The maximum atomic E-state index is 13.1. The second kappa shape index (κ2) is 9.34. The van der Waals surface area contributed by atoms with Crippen LogP contribution in [0.5, 0.6) is 0 Å². The summed E-state index contributed by atoms with van der Waals surface area (Å²) in [4.78, 5) is 27.4. The van der Waals surface area contributed by atoms with Gasteiger partial charge in [0.15, 0.2) is 15.5 Å². The summed E-state index contributed by atoms with van der Waals surface area (Å²) in [5, 5.41) is 15.5. The number of piperidine rings is 1. The van der Waals surface area contributed by atoms with Crippen LogP contribution in [-0.4, -0.2) is 78.9 Å². The molecule has 4 N–H and O–H groups in total. The Morgan fingerprint density at radius 3 is 2.55 bits per heavy atom. The molecule has 40 heavy (non-hydrogen) atoms. The number of fused-ring (bicyclic) bond motifs is 3. The highest BCUT2D eigenvalue weighted by Crippen LogP contribution is 2.45. The van der Waals surface area contributed by atoms with Gasteiger partial charge in [-0.3, -0.25) is 9.78 Å². The van der Waals surface area contributed by atoms with Crippen LogP contribution in [0.15, 0.2) is 35.7 Å². The third-order valence-electron chi connectivity index (χ3n) is 8.52. The van der Waals surface area contributed by atoms with Crippen molar-refractivity contribution in [2.45, 2.75) is 67.5 Å². The van der Waals surface area contributed by atoms with E-state index in [2.05, 4.69) is 30.6 Å². The van der Waals surface area contributed by atoms with E-state index in [0.717, 1.165) is 55.3 Å². The van der Waals surface area contributed by atoms with Crippen molar-refractivity contribution in [1.82, 2.24) is 45.0 Å². The van der Waals surface area contributed by atoms with Crippen LogP contribution in [0.3, 0.4) is 0 Å². The molecular weight excluding hydrogens is 532 g/mol. The van der Waals surface area contributed by atoms with E-state index in [0.29, 0.717) is 24.2 Å². The number of carbonyl (C=O) groups excluding carboxylic acids is 1. The fourth-order valence-corrected chi connectivity index (χ4v) is 7.81. The van der Waals surface area contributed by atoms with Gasteiger partial charge in [-0.05, 0) is 51.1 Å². The van der Waals surface area contributed by atoms with Crippen molar-refractivity contribution in [3.05, 3.63) is 48.1 Å². The number of aromatic amines is 1. The molecule has 3 fully saturated rings. The first-order chi connectivity index (χ1) is 19.3. The average molecular weight is 563 g/mol. The summed E-state index contributed by atoms with van der Waals surface area (Å²) in [5.74, 6) is -0.120. The number of aromatic nitrogens is 7. The Morgan fingerprint density at radius 1 is 1.12 bits per heavy atom. The number of H-pyrrole nitrogens is 1. The quantitative estimate of drug-likeness (QED) is 0.325. The fraction of sp³-hybridized carbons (Fsp3) is 0.462. The van der Waals surface area contributed by atoms with Crippen LogP contribution in [0.2, 0.25) is 0 Å². The number of carbonyl (C=O) groups is 1. The van der Waals surface area contributed by atoms with Gasteiger partial charge in [-0.15, -0.1) is 10.2 Å². The van der Waals surface area contributed by atoms with Gasteiger partial charge in [-0.2, -0.15) is 9.61 Å². The second-order valence-corrected chi connectivity index (χ2v) is 13.0. The highest BCUT2D eigenvalue weighted by atomic mass is 32.2. The number of amides is 1. The van der Waals surface area contributed by atoms with Gasteiger partial charge < -0.3 is 20.9 Å². The summed E-state index contributed by atoms with van der Waals surface area (Å²) in [6.45, 7) is 0.992. The van der Waals surface area contributed by atoms with Crippen LogP contribution in [0.1, 0.15) is 72.5 Å². The predicted molar refractivity (Wildman–Crippen MR) is 145 cm³/mol. The molecule has 3 aliphatic heterocycles. The molecule has 4 aromatic rings. The van der Waals surface area contributed by atoms with Crippen LogP contribution in [-0.2, 0) is 9.84 Å². The van der Waals surface area contributed by atoms with Crippen molar-refractivity contribution >= 4 is 27.2 Å². The number of nitrogens with two attached hydrogens (primary N) is 1. The van der Waals surface area contributed by atoms with E-state index >= 15 is 0 Å². The zero-order valence-electron chi connectivity index (χ0n) is 22.0. The van der Waals surface area contributed by atoms with Crippen LogP contribution < -0.4 is 11.1 Å². The van der Waals surface area contributed by atoms with Crippen LogP contribution >= 0.6 is 0 Å². The average Bonchev–Trinajstić information content (AvgIpc) is 3.74. The first-order valence-electron chi connectivity index (χ1n) is 13.5. The molecule has 7 rings (SSSR count). The van der Waals surface area contributed by atoms with Gasteiger partial charge in [0, 0.05) is 47.6 Å². The number of nitrogens with one attached hydrogen (secondary N) is 2. The van der Waals surface area contributed by atoms with Crippen molar-refractivity contribution in [1.29, 1.82) is 0 Å². The molecule has 14 heteroatoms. The normalized spacial score (nSPS) is 24.7. The van der Waals surface area contributed by atoms with Crippen molar-refractivity contribution in [3.63, 3.8) is 0 Å². The first kappa shape index (κ1) is 25.1. The van der Waals surface area contributed by atoms with Gasteiger partial charge in [0.1, 0.15) is 17.0 Å². The minimum Gasteiger partial charge on any atom is -0.382 e. The molecule has 3 aliphatic rings. The molecule has 1 amide bonds. The van der Waals surface area contributed by atoms with Crippen molar-refractivity contribution in [2.75, 3.05) is 18.5 Å². The number of nitrogen functional groups attached to an aromatic ring is 1. The van der Waals surface area contributed by atoms with E-state index in [9.17, 15) is 13.2 Å². The second-order valence-electron chi connectivity index (χ2n) is 11.0. The Kier molecular flexibility index (Phi) is 5.85. The molecule has 0 saturated carbocycles. The summed E-state index contributed by atoms with van der Waals surface area (Å²) in [7, 11) is -3.73. The molecule has 208 valence electrons. The Balaban J connectivity index is 1.27. The summed E-state index contributed by atoms with van der Waals surface area (Å²) < 4.78 is 27.5. The number of pyridine rings is 1. The Bertz CT molecular complexity index is 1680. The lowest BCUT2D eigenvalue weighted by Crippen LogP contribution is -2.46. The molecule has 13 nitrogen and oxygen atoms in total. The molecule has 4 aromatic heterocycles. The highest BCUT2D eigenvalue weighted by Gasteiger charge is 2.46. The van der Waals surface area contributed by atoms with Crippen LogP contribution in [0, 0.1) is 0 Å². The topological polar surface area (TPSA) is 177 Å². The summed E-state index contributed by atoms with van der Waals surface area (Å²) >= 11 is 0. The zero-order chi connectivity index (χ0) is 27.6. The van der Waals surface area contributed by atoms with Gasteiger partial charge in [0.2, 0.25) is 5.82 Å². The number of hydrogen-bond acceptors (Lipinski definition) is 10. The van der Waals surface area contributed by atoms with Gasteiger partial charge >= 0.3 is 0 Å². The minimum absolute atomic E-state index is 0.00911. The van der Waals surface area contributed by atoms with Crippen LogP contribution in [0.4, 0.5) is 5.82 Å². The Morgan fingerprint density at radius 2 is 1.93 bits per heavy atom. The van der Waals surface area contributed by atoms with E-state index in [1.54, 1.807) is 6.20 Å². The standard InChI is InChI=1S/C26H30N10O3S/c1-40(38,39)22-21(15-9-16-5-6-17(10-15)35(16)26(37)24-30-13-31-34-24)33-25-18(12-32-36(25)23(22)27)14-4-7-20(29-11-14)19-3-2-8-28-19/h4,7,11-13,15-17,19,28H,2-3,5-6,8-10,27H2,1H3,(H,30,31,34)/t15-,16+,17-,19?. The minimum atomic E-state index is -3.73. The molecule has 0 aliphatic carbocycles. The molecule has 4 atom stereocenters. The van der Waals surface area contributed by atoms with Crippen LogP contribution in [0.25, 0.3) is 16.8 Å². The van der Waals surface area contributed by atoms with Crippen molar-refractivity contribution in [3.8, 4) is 11.1 Å². The lowest BCUT2D eigenvalue weighted by Gasteiger charge is -2.38. The molecule has 0 radical (unpaired) electrons. The van der Waals surface area contributed by atoms with E-state index in [4.69, 9.17) is 10.7 Å². The van der Waals surface area contributed by atoms with E-state index in [-0.39, 0.29) is 46.5 Å². The summed E-state index contributed by atoms with van der Waals surface area (Å²) in [6, 6.07) is 4.15. The van der Waals surface area contributed by atoms with Gasteiger partial charge in [-0.1, -0.05) is 6.07 Å². The number of sulfone groups is 1. The van der Waals surface area contributed by atoms with Gasteiger partial charge in [0.05, 0.1) is 17.6 Å². The predicted octanol–water partition coefficient (Wildman–Crippen LogP) is 1.87. The molecular formula is C26H30N10O3S. The first-order valence-corrected chi connectivity index (χ1v) is 15.4. The van der Waals surface area contributed by atoms with Gasteiger partial charge in [-0.25, -0.2) is 13.4 Å². The van der Waals surface area contributed by atoms with Gasteiger partial charge in [0.25, 0.3) is 5.91 Å². The molecule has 7 heterocycles. The van der Waals surface area contributed by atoms with E-state index in [1.165, 1.54) is 10.8 Å². The molecule has 1 unspecified atom stereocenters. The van der Waals surface area contributed by atoms with Crippen molar-refractivity contribution in [2.24, 2.45) is 0 Å². The summed E-state index contributed by atoms with van der Waals surface area (Å²) in [6.07, 6.45) is 11.0. The smallest absolute Gasteiger partial charge is 0.292 e. The third kappa shape index (κ3) is 4.04. The zero-order valence-corrected chi connectivity index (χ0v) is 22.8. The Labute approximate surface area is 230 Å². The molecule has 0 aromatic carbocycles. The lowest BCUT2D eigenvalue weighted by atomic mass is 9.87. The third-order valence-corrected chi connectivity index (χ3v) is 9.68. The van der Waals surface area contributed by atoms with E-state index < -0.39 is 9.84 Å². The van der Waals surface area contributed by atoms with Crippen molar-refractivity contribution < 1.29 is 13.2 Å². The largest absolute Gasteiger partial charge is 0.382 e.